The number of carbonyl (C=O) groups excluding carboxylic acids is 2. The van der Waals surface area contributed by atoms with Gasteiger partial charge >= 0.3 is 0 Å². The highest BCUT2D eigenvalue weighted by Crippen LogP contribution is 2.17. The van der Waals surface area contributed by atoms with Crippen LogP contribution in [-0.4, -0.2) is 55.0 Å². The standard InChI is InChI=1S/C13H18N4O4/c1-15-11(18)7-17(2)12(19)8-21-10-6-4-3-5-9(10)13(14)16-20/h3-6,20H,7-8H2,1-2H3,(H2,14,16)(H,15,18). The van der Waals surface area contributed by atoms with Crippen LogP contribution in [0.1, 0.15) is 5.56 Å². The van der Waals surface area contributed by atoms with Crippen LogP contribution in [0, 0.1) is 0 Å². The largest absolute Gasteiger partial charge is 0.483 e. The molecule has 0 radical (unpaired) electrons. The van der Waals surface area contributed by atoms with Crippen LogP contribution in [0.5, 0.6) is 5.75 Å². The number of amidine groups is 1. The van der Waals surface area contributed by atoms with Crippen molar-refractivity contribution >= 4 is 17.6 Å². The lowest BCUT2D eigenvalue weighted by atomic mass is 10.2. The second-order valence-electron chi connectivity index (χ2n) is 4.19. The lowest BCUT2D eigenvalue weighted by Crippen LogP contribution is -2.39. The van der Waals surface area contributed by atoms with E-state index >= 15 is 0 Å². The number of oxime groups is 1. The van der Waals surface area contributed by atoms with Crippen LogP contribution in [0.2, 0.25) is 0 Å². The van der Waals surface area contributed by atoms with Crippen LogP contribution in [0.25, 0.3) is 0 Å². The fraction of sp³-hybridized carbons (Fsp3) is 0.308. The lowest BCUT2D eigenvalue weighted by Gasteiger charge is -2.17. The van der Waals surface area contributed by atoms with Gasteiger partial charge in [-0.05, 0) is 12.1 Å². The summed E-state index contributed by atoms with van der Waals surface area (Å²) in [5, 5.41) is 14.0. The summed E-state index contributed by atoms with van der Waals surface area (Å²) in [6.07, 6.45) is 0. The predicted molar refractivity (Wildman–Crippen MR) is 76.2 cm³/mol. The predicted octanol–water partition coefficient (Wildman–Crippen LogP) is -0.636. The minimum Gasteiger partial charge on any atom is -0.483 e. The molecule has 0 aromatic heterocycles. The average molecular weight is 294 g/mol. The van der Waals surface area contributed by atoms with Crippen LogP contribution in [0.15, 0.2) is 29.4 Å². The first-order valence-electron chi connectivity index (χ1n) is 6.13. The number of likely N-dealkylation sites (N-methyl/N-ethyl adjacent to an activating group) is 2. The van der Waals surface area contributed by atoms with Gasteiger partial charge in [0.15, 0.2) is 12.4 Å². The molecule has 0 fully saturated rings. The molecule has 2 amide bonds. The van der Waals surface area contributed by atoms with E-state index in [-0.39, 0.29) is 30.8 Å². The van der Waals surface area contributed by atoms with Gasteiger partial charge in [0.1, 0.15) is 5.75 Å². The van der Waals surface area contributed by atoms with Crippen molar-refractivity contribution in [2.75, 3.05) is 27.2 Å². The summed E-state index contributed by atoms with van der Waals surface area (Å²) in [6, 6.07) is 6.59. The van der Waals surface area contributed by atoms with Gasteiger partial charge in [0.2, 0.25) is 5.91 Å². The van der Waals surface area contributed by atoms with E-state index in [1.54, 1.807) is 24.3 Å². The highest BCUT2D eigenvalue weighted by atomic mass is 16.5. The number of amides is 2. The molecule has 8 nitrogen and oxygen atoms in total. The maximum Gasteiger partial charge on any atom is 0.260 e. The molecule has 1 aromatic rings. The zero-order valence-corrected chi connectivity index (χ0v) is 11.9. The Labute approximate surface area is 122 Å². The van der Waals surface area contributed by atoms with Crippen LogP contribution in [0.3, 0.4) is 0 Å². The number of rotatable bonds is 6. The molecule has 4 N–H and O–H groups in total. The number of para-hydroxylation sites is 1. The monoisotopic (exact) mass is 294 g/mol. The Morgan fingerprint density at radius 2 is 2.10 bits per heavy atom. The summed E-state index contributed by atoms with van der Waals surface area (Å²) >= 11 is 0. The van der Waals surface area contributed by atoms with Gasteiger partial charge in [-0.3, -0.25) is 9.59 Å². The normalized spacial score (nSPS) is 10.9. The fourth-order valence-electron chi connectivity index (χ4n) is 1.49. The van der Waals surface area contributed by atoms with Crippen molar-refractivity contribution in [2.45, 2.75) is 0 Å². The summed E-state index contributed by atoms with van der Waals surface area (Å²) in [4.78, 5) is 24.2. The van der Waals surface area contributed by atoms with E-state index in [9.17, 15) is 9.59 Å². The molecule has 0 heterocycles. The van der Waals surface area contributed by atoms with Crippen LogP contribution >= 0.6 is 0 Å². The third kappa shape index (κ3) is 4.68. The van der Waals surface area contributed by atoms with E-state index in [2.05, 4.69) is 10.5 Å². The summed E-state index contributed by atoms with van der Waals surface area (Å²) in [5.74, 6) is -0.443. The van der Waals surface area contributed by atoms with Gasteiger partial charge < -0.3 is 25.9 Å². The van der Waals surface area contributed by atoms with Crippen molar-refractivity contribution < 1.29 is 19.5 Å². The van der Waals surface area contributed by atoms with Crippen molar-refractivity contribution in [1.29, 1.82) is 0 Å². The molecular formula is C13H18N4O4. The Morgan fingerprint density at radius 1 is 1.43 bits per heavy atom. The van der Waals surface area contributed by atoms with Crippen LogP contribution < -0.4 is 15.8 Å². The molecule has 21 heavy (non-hydrogen) atoms. The molecule has 0 aliphatic rings. The quantitative estimate of drug-likeness (QED) is 0.279. The van der Waals surface area contributed by atoms with E-state index in [1.807, 2.05) is 0 Å². The number of benzene rings is 1. The molecule has 0 saturated carbocycles. The van der Waals surface area contributed by atoms with Crippen molar-refractivity contribution in [2.24, 2.45) is 10.9 Å². The molecule has 0 spiro atoms. The number of ether oxygens (including phenoxy) is 1. The van der Waals surface area contributed by atoms with Crippen LogP contribution in [-0.2, 0) is 9.59 Å². The van der Waals surface area contributed by atoms with Gasteiger partial charge in [0.25, 0.3) is 5.91 Å². The van der Waals surface area contributed by atoms with E-state index in [1.165, 1.54) is 19.0 Å². The number of nitrogens with one attached hydrogen (secondary N) is 1. The van der Waals surface area contributed by atoms with Gasteiger partial charge in [-0.1, -0.05) is 17.3 Å². The molecule has 114 valence electrons. The summed E-state index contributed by atoms with van der Waals surface area (Å²) in [6.45, 7) is -0.316. The van der Waals surface area contributed by atoms with E-state index < -0.39 is 0 Å². The van der Waals surface area contributed by atoms with Crippen molar-refractivity contribution in [3.8, 4) is 5.75 Å². The topological polar surface area (TPSA) is 117 Å². The summed E-state index contributed by atoms with van der Waals surface area (Å²) in [7, 11) is 2.99. The first-order valence-corrected chi connectivity index (χ1v) is 6.13. The second-order valence-corrected chi connectivity index (χ2v) is 4.19. The fourth-order valence-corrected chi connectivity index (χ4v) is 1.49. The number of nitrogens with two attached hydrogens (primary N) is 1. The zero-order chi connectivity index (χ0) is 15.8. The second kappa shape index (κ2) is 7.73. The summed E-state index contributed by atoms with van der Waals surface area (Å²) < 4.78 is 5.36. The molecule has 0 aliphatic heterocycles. The first kappa shape index (κ1) is 16.3. The van der Waals surface area contributed by atoms with Crippen molar-refractivity contribution in [3.05, 3.63) is 29.8 Å². The molecule has 0 unspecified atom stereocenters. The van der Waals surface area contributed by atoms with Crippen molar-refractivity contribution in [3.63, 3.8) is 0 Å². The summed E-state index contributed by atoms with van der Waals surface area (Å²) in [5.41, 5.74) is 5.89. The highest BCUT2D eigenvalue weighted by Gasteiger charge is 2.14. The maximum atomic E-state index is 11.8. The Kier molecular flexibility index (Phi) is 5.99. The average Bonchev–Trinajstić information content (AvgIpc) is 2.51. The molecule has 1 rings (SSSR count). The minimum absolute atomic E-state index is 0.0550. The van der Waals surface area contributed by atoms with E-state index in [4.69, 9.17) is 15.7 Å². The minimum atomic E-state index is -0.368. The van der Waals surface area contributed by atoms with Crippen LogP contribution in [0.4, 0.5) is 0 Å². The Hall–Kier alpha value is -2.77. The number of hydrogen-bond acceptors (Lipinski definition) is 5. The number of nitrogens with zero attached hydrogens (tertiary/aromatic N) is 2. The van der Waals surface area contributed by atoms with Gasteiger partial charge in [-0.25, -0.2) is 0 Å². The lowest BCUT2D eigenvalue weighted by molar-refractivity contribution is -0.136. The van der Waals surface area contributed by atoms with Gasteiger partial charge in [0, 0.05) is 14.1 Å². The molecule has 0 atom stereocenters. The molecule has 0 aliphatic carbocycles. The van der Waals surface area contributed by atoms with E-state index in [0.29, 0.717) is 11.3 Å². The van der Waals surface area contributed by atoms with Gasteiger partial charge in [0.05, 0.1) is 12.1 Å². The highest BCUT2D eigenvalue weighted by molar-refractivity contribution is 5.99. The molecular weight excluding hydrogens is 276 g/mol. The molecule has 0 bridgehead atoms. The molecule has 0 saturated heterocycles. The maximum absolute atomic E-state index is 11.8. The van der Waals surface area contributed by atoms with Crippen molar-refractivity contribution in [1.82, 2.24) is 10.2 Å². The smallest absolute Gasteiger partial charge is 0.260 e. The molecule has 8 heteroatoms. The Bertz CT molecular complexity index is 545. The SMILES string of the molecule is CNC(=O)CN(C)C(=O)COc1ccccc1/C(N)=N/O. The number of carbonyl (C=O) groups is 2. The number of hydrogen-bond donors (Lipinski definition) is 3. The Balaban J connectivity index is 2.67. The Morgan fingerprint density at radius 3 is 2.71 bits per heavy atom. The molecule has 1 aromatic carbocycles. The van der Waals surface area contributed by atoms with Gasteiger partial charge in [-0.15, -0.1) is 0 Å². The van der Waals surface area contributed by atoms with Gasteiger partial charge in [-0.2, -0.15) is 0 Å². The first-order chi connectivity index (χ1) is 9.99. The zero-order valence-electron chi connectivity index (χ0n) is 11.9. The van der Waals surface area contributed by atoms with E-state index in [0.717, 1.165) is 0 Å². The third-order valence-corrected chi connectivity index (χ3v) is 2.71. The third-order valence-electron chi connectivity index (χ3n) is 2.71.